The molecule has 0 saturated carbocycles. The maximum absolute atomic E-state index is 13.0. The molecule has 3 heterocycles. The smallest absolute Gasteiger partial charge is 0.338 e. The number of aliphatic imine (C=N–C) groups is 1. The molecule has 0 radical (unpaired) electrons. The van der Waals surface area contributed by atoms with Crippen molar-refractivity contribution < 1.29 is 23.8 Å². The quantitative estimate of drug-likeness (QED) is 0.516. The van der Waals surface area contributed by atoms with Gasteiger partial charge in [-0.2, -0.15) is 0 Å². The largest absolute Gasteiger partial charge is 0.466 e. The van der Waals surface area contributed by atoms with Crippen molar-refractivity contribution in [3.63, 3.8) is 0 Å². The van der Waals surface area contributed by atoms with Crippen LogP contribution in [-0.2, 0) is 20.9 Å². The SMILES string of the molecule is COC(=O)C1=C(C)N=C2SC=C(CC(=O)NCc3ccc4c(c3)OCO4)N2C1c1ccc(C(C)C)cc1. The Labute approximate surface area is 220 Å². The minimum atomic E-state index is -0.441. The van der Waals surface area contributed by atoms with Crippen molar-refractivity contribution in [3.05, 3.63) is 81.5 Å². The van der Waals surface area contributed by atoms with Crippen molar-refractivity contribution in [2.45, 2.75) is 45.7 Å². The van der Waals surface area contributed by atoms with Crippen LogP contribution in [0.3, 0.4) is 0 Å². The molecule has 0 spiro atoms. The number of carbonyl (C=O) groups is 2. The first-order valence-corrected chi connectivity index (χ1v) is 13.0. The highest BCUT2D eigenvalue weighted by molar-refractivity contribution is 8.16. The van der Waals surface area contributed by atoms with Gasteiger partial charge in [0.05, 0.1) is 30.8 Å². The number of hydrogen-bond donors (Lipinski definition) is 1. The van der Waals surface area contributed by atoms with E-state index in [4.69, 9.17) is 14.2 Å². The monoisotopic (exact) mass is 519 g/mol. The molecule has 1 unspecified atom stereocenters. The number of allylic oxidation sites excluding steroid dienone is 1. The van der Waals surface area contributed by atoms with Crippen molar-refractivity contribution >= 4 is 28.8 Å². The number of esters is 1. The van der Waals surface area contributed by atoms with E-state index in [-0.39, 0.29) is 19.1 Å². The molecule has 1 N–H and O–H groups in total. The van der Waals surface area contributed by atoms with Crippen LogP contribution in [0.2, 0.25) is 0 Å². The minimum absolute atomic E-state index is 0.134. The molecule has 0 aromatic heterocycles. The predicted octanol–water partition coefficient (Wildman–Crippen LogP) is 4.99. The summed E-state index contributed by atoms with van der Waals surface area (Å²) in [5, 5.41) is 5.66. The van der Waals surface area contributed by atoms with E-state index < -0.39 is 12.0 Å². The zero-order chi connectivity index (χ0) is 26.1. The molecule has 0 fully saturated rings. The summed E-state index contributed by atoms with van der Waals surface area (Å²) in [6.07, 6.45) is 0.144. The number of benzene rings is 2. The van der Waals surface area contributed by atoms with Gasteiger partial charge in [0.15, 0.2) is 16.7 Å². The van der Waals surface area contributed by atoms with E-state index in [1.165, 1.54) is 24.4 Å². The van der Waals surface area contributed by atoms with E-state index in [0.717, 1.165) is 22.0 Å². The molecule has 2 aromatic rings. The van der Waals surface area contributed by atoms with Crippen molar-refractivity contribution in [3.8, 4) is 11.5 Å². The molecule has 37 heavy (non-hydrogen) atoms. The normalized spacial score (nSPS) is 18.0. The first-order valence-electron chi connectivity index (χ1n) is 12.1. The lowest BCUT2D eigenvalue weighted by Gasteiger charge is -2.36. The summed E-state index contributed by atoms with van der Waals surface area (Å²) >= 11 is 1.45. The zero-order valence-electron chi connectivity index (χ0n) is 21.2. The summed E-state index contributed by atoms with van der Waals surface area (Å²) in [4.78, 5) is 32.5. The van der Waals surface area contributed by atoms with Crippen LogP contribution in [0.15, 0.2) is 69.8 Å². The van der Waals surface area contributed by atoms with E-state index in [9.17, 15) is 9.59 Å². The van der Waals surface area contributed by atoms with Gasteiger partial charge < -0.3 is 24.4 Å². The van der Waals surface area contributed by atoms with Gasteiger partial charge in [-0.05, 0) is 47.1 Å². The molecule has 8 nitrogen and oxygen atoms in total. The molecule has 9 heteroatoms. The van der Waals surface area contributed by atoms with Gasteiger partial charge in [0, 0.05) is 12.2 Å². The highest BCUT2D eigenvalue weighted by Crippen LogP contribution is 2.45. The van der Waals surface area contributed by atoms with E-state index in [2.05, 4.69) is 36.3 Å². The highest BCUT2D eigenvalue weighted by atomic mass is 32.2. The van der Waals surface area contributed by atoms with Crippen LogP contribution in [0.4, 0.5) is 0 Å². The molecule has 3 aliphatic heterocycles. The van der Waals surface area contributed by atoms with Crippen molar-refractivity contribution in [2.24, 2.45) is 4.99 Å². The maximum Gasteiger partial charge on any atom is 0.338 e. The molecule has 1 atom stereocenters. The number of nitrogens with one attached hydrogen (secondary N) is 1. The standard InChI is InChI=1S/C28H29N3O5S/c1-16(2)19-6-8-20(9-7-19)26-25(27(33)34-4)17(3)30-28-31(26)21(14-37-28)12-24(32)29-13-18-5-10-22-23(11-18)36-15-35-22/h5-11,14,16,26H,12-13,15H2,1-4H3,(H,29,32). The van der Waals surface area contributed by atoms with E-state index in [0.29, 0.717) is 35.2 Å². The van der Waals surface area contributed by atoms with Gasteiger partial charge in [-0.3, -0.25) is 4.79 Å². The fourth-order valence-corrected chi connectivity index (χ4v) is 5.56. The fourth-order valence-electron chi connectivity index (χ4n) is 4.60. The average Bonchev–Trinajstić information content (AvgIpc) is 3.52. The number of carbonyl (C=O) groups excluding carboxylic acids is 2. The number of thioether (sulfide) groups is 1. The topological polar surface area (TPSA) is 89.5 Å². The summed E-state index contributed by atoms with van der Waals surface area (Å²) in [5.74, 6) is 1.21. The number of rotatable bonds is 7. The Morgan fingerprint density at radius 3 is 2.65 bits per heavy atom. The molecule has 2 aromatic carbocycles. The Balaban J connectivity index is 1.37. The van der Waals surface area contributed by atoms with Crippen LogP contribution in [-0.4, -0.2) is 35.8 Å². The molecule has 0 bridgehead atoms. The molecule has 0 aliphatic carbocycles. The Morgan fingerprint density at radius 2 is 1.92 bits per heavy atom. The van der Waals surface area contributed by atoms with Gasteiger partial charge in [0.25, 0.3) is 0 Å². The lowest BCUT2D eigenvalue weighted by Crippen LogP contribution is -2.37. The molecule has 1 amide bonds. The number of methoxy groups -OCH3 is 1. The Hall–Kier alpha value is -3.72. The lowest BCUT2D eigenvalue weighted by atomic mass is 9.92. The highest BCUT2D eigenvalue weighted by Gasteiger charge is 2.41. The Kier molecular flexibility index (Phi) is 6.97. The van der Waals surface area contributed by atoms with E-state index in [1.54, 1.807) is 0 Å². The summed E-state index contributed by atoms with van der Waals surface area (Å²) in [6.45, 7) is 6.68. The van der Waals surface area contributed by atoms with Crippen LogP contribution >= 0.6 is 11.8 Å². The molecule has 192 valence electrons. The molecule has 3 aliphatic rings. The summed E-state index contributed by atoms with van der Waals surface area (Å²) in [5.41, 5.74) is 4.93. The number of fused-ring (bicyclic) bond motifs is 2. The summed E-state index contributed by atoms with van der Waals surface area (Å²) in [6, 6.07) is 13.4. The first kappa shape index (κ1) is 25.0. The van der Waals surface area contributed by atoms with Gasteiger partial charge in [0.1, 0.15) is 0 Å². The first-order chi connectivity index (χ1) is 17.9. The number of amidine groups is 1. The lowest BCUT2D eigenvalue weighted by molar-refractivity contribution is -0.136. The summed E-state index contributed by atoms with van der Waals surface area (Å²) in [7, 11) is 1.37. The second-order valence-corrected chi connectivity index (χ2v) is 10.2. The van der Waals surface area contributed by atoms with Crippen LogP contribution in [0.5, 0.6) is 11.5 Å². The van der Waals surface area contributed by atoms with Gasteiger partial charge in [-0.1, -0.05) is 55.9 Å². The fraction of sp³-hybridized carbons (Fsp3) is 0.321. The number of hydrogen-bond acceptors (Lipinski definition) is 8. The number of ether oxygens (including phenoxy) is 3. The number of nitrogens with zero attached hydrogens (tertiary/aromatic N) is 2. The second kappa shape index (κ2) is 10.3. The third-order valence-electron chi connectivity index (χ3n) is 6.59. The third-order valence-corrected chi connectivity index (χ3v) is 7.48. The average molecular weight is 520 g/mol. The molecular weight excluding hydrogens is 490 g/mol. The Bertz CT molecular complexity index is 1330. The zero-order valence-corrected chi connectivity index (χ0v) is 22.1. The van der Waals surface area contributed by atoms with E-state index >= 15 is 0 Å². The third kappa shape index (κ3) is 4.96. The maximum atomic E-state index is 13.0. The van der Waals surface area contributed by atoms with Gasteiger partial charge in [-0.15, -0.1) is 0 Å². The van der Waals surface area contributed by atoms with E-state index in [1.807, 2.05) is 47.6 Å². The van der Waals surface area contributed by atoms with Crippen LogP contribution in [0.1, 0.15) is 55.8 Å². The molecule has 0 saturated heterocycles. The molecule has 5 rings (SSSR count). The van der Waals surface area contributed by atoms with Crippen LogP contribution < -0.4 is 14.8 Å². The van der Waals surface area contributed by atoms with Crippen molar-refractivity contribution in [1.29, 1.82) is 0 Å². The number of amides is 1. The predicted molar refractivity (Wildman–Crippen MR) is 142 cm³/mol. The van der Waals surface area contributed by atoms with Crippen molar-refractivity contribution in [2.75, 3.05) is 13.9 Å². The molecular formula is C28H29N3O5S. The van der Waals surface area contributed by atoms with Gasteiger partial charge in [-0.25, -0.2) is 9.79 Å². The Morgan fingerprint density at radius 1 is 1.16 bits per heavy atom. The van der Waals surface area contributed by atoms with Crippen LogP contribution in [0, 0.1) is 0 Å². The van der Waals surface area contributed by atoms with Gasteiger partial charge in [0.2, 0.25) is 12.7 Å². The summed E-state index contributed by atoms with van der Waals surface area (Å²) < 4.78 is 15.9. The van der Waals surface area contributed by atoms with Gasteiger partial charge >= 0.3 is 5.97 Å². The van der Waals surface area contributed by atoms with Crippen molar-refractivity contribution in [1.82, 2.24) is 10.2 Å². The minimum Gasteiger partial charge on any atom is -0.466 e. The second-order valence-electron chi connectivity index (χ2n) is 9.35. The van der Waals surface area contributed by atoms with Crippen LogP contribution in [0.25, 0.3) is 0 Å².